The average molecular weight is 199 g/mol. The first-order valence-electron chi connectivity index (χ1n) is 4.00. The van der Waals surface area contributed by atoms with Gasteiger partial charge in [0.1, 0.15) is 5.69 Å². The SMILES string of the molecule is CC(C)(C)c1csc([NH+]=C(N)N)n1. The number of nitrogens with two attached hydrogens (primary N) is 2. The van der Waals surface area contributed by atoms with Crippen LogP contribution in [-0.2, 0) is 5.41 Å². The Bertz CT molecular complexity index is 317. The molecular weight excluding hydrogens is 184 g/mol. The minimum atomic E-state index is 0.0692. The van der Waals surface area contributed by atoms with Crippen LogP contribution in [-0.4, -0.2) is 10.9 Å². The number of aromatic nitrogens is 1. The Morgan fingerprint density at radius 1 is 1.46 bits per heavy atom. The van der Waals surface area contributed by atoms with Crippen molar-refractivity contribution in [2.24, 2.45) is 11.5 Å². The minimum absolute atomic E-state index is 0.0692. The van der Waals surface area contributed by atoms with Gasteiger partial charge in [0.05, 0.1) is 0 Å². The van der Waals surface area contributed by atoms with Crippen molar-refractivity contribution in [3.63, 3.8) is 0 Å². The summed E-state index contributed by atoms with van der Waals surface area (Å²) in [6.45, 7) is 6.34. The summed E-state index contributed by atoms with van der Waals surface area (Å²) >= 11 is 1.50. The highest BCUT2D eigenvalue weighted by atomic mass is 32.1. The molecule has 1 aromatic rings. The van der Waals surface area contributed by atoms with Crippen molar-refractivity contribution >= 4 is 22.4 Å². The van der Waals surface area contributed by atoms with Crippen LogP contribution in [0.3, 0.4) is 0 Å². The van der Waals surface area contributed by atoms with Crippen LogP contribution in [0.1, 0.15) is 26.5 Å². The molecule has 4 nitrogen and oxygen atoms in total. The van der Waals surface area contributed by atoms with Crippen molar-refractivity contribution in [2.75, 3.05) is 0 Å². The summed E-state index contributed by atoms with van der Waals surface area (Å²) in [7, 11) is 0. The summed E-state index contributed by atoms with van der Waals surface area (Å²) < 4.78 is 0. The summed E-state index contributed by atoms with van der Waals surface area (Å²) in [5, 5.41) is 2.75. The van der Waals surface area contributed by atoms with Gasteiger partial charge in [0, 0.05) is 10.8 Å². The van der Waals surface area contributed by atoms with E-state index in [1.807, 2.05) is 5.38 Å². The van der Waals surface area contributed by atoms with Crippen LogP contribution in [0.2, 0.25) is 0 Å². The second-order valence-electron chi connectivity index (χ2n) is 3.87. The Morgan fingerprint density at radius 2 is 2.08 bits per heavy atom. The fourth-order valence-corrected chi connectivity index (χ4v) is 1.76. The van der Waals surface area contributed by atoms with Crippen LogP contribution < -0.4 is 16.5 Å². The van der Waals surface area contributed by atoms with E-state index in [-0.39, 0.29) is 11.4 Å². The second kappa shape index (κ2) is 3.33. The van der Waals surface area contributed by atoms with Gasteiger partial charge in [0.25, 0.3) is 5.13 Å². The van der Waals surface area contributed by atoms with Gasteiger partial charge < -0.3 is 11.5 Å². The molecule has 0 atom stereocenters. The fourth-order valence-electron chi connectivity index (χ4n) is 0.799. The van der Waals surface area contributed by atoms with Gasteiger partial charge in [0.2, 0.25) is 0 Å². The predicted octanol–water partition coefficient (Wildman–Crippen LogP) is -0.574. The van der Waals surface area contributed by atoms with Crippen LogP contribution in [0.15, 0.2) is 5.38 Å². The molecular formula is C8H15N4S+. The quantitative estimate of drug-likeness (QED) is 0.418. The van der Waals surface area contributed by atoms with Gasteiger partial charge in [-0.3, -0.25) is 0 Å². The van der Waals surface area contributed by atoms with Crippen LogP contribution in [0.25, 0.3) is 0 Å². The van der Waals surface area contributed by atoms with Crippen LogP contribution in [0.5, 0.6) is 0 Å². The number of nitrogens with one attached hydrogen (secondary N) is 1. The first kappa shape index (κ1) is 9.98. The molecule has 0 saturated carbocycles. The molecule has 0 unspecified atom stereocenters. The van der Waals surface area contributed by atoms with E-state index in [1.165, 1.54) is 11.3 Å². The zero-order valence-electron chi connectivity index (χ0n) is 8.09. The number of rotatable bonds is 1. The van der Waals surface area contributed by atoms with Gasteiger partial charge in [-0.05, 0) is 0 Å². The molecule has 0 aliphatic rings. The van der Waals surface area contributed by atoms with E-state index in [0.29, 0.717) is 0 Å². The highest BCUT2D eigenvalue weighted by Gasteiger charge is 2.19. The summed E-state index contributed by atoms with van der Waals surface area (Å²) in [5.74, 6) is 0.176. The highest BCUT2D eigenvalue weighted by molar-refractivity contribution is 7.12. The lowest BCUT2D eigenvalue weighted by Crippen LogP contribution is -2.72. The zero-order chi connectivity index (χ0) is 10.1. The molecule has 0 bridgehead atoms. The fraction of sp³-hybridized carbons (Fsp3) is 0.500. The third kappa shape index (κ3) is 2.69. The van der Waals surface area contributed by atoms with E-state index in [2.05, 4.69) is 30.7 Å². The van der Waals surface area contributed by atoms with Gasteiger partial charge in [0.15, 0.2) is 0 Å². The Labute approximate surface area is 81.7 Å². The van der Waals surface area contributed by atoms with E-state index in [0.717, 1.165) is 10.8 Å². The Hall–Kier alpha value is -1.10. The minimum Gasteiger partial charge on any atom is -0.311 e. The Morgan fingerprint density at radius 3 is 2.46 bits per heavy atom. The predicted molar refractivity (Wildman–Crippen MR) is 54.8 cm³/mol. The van der Waals surface area contributed by atoms with Gasteiger partial charge in [-0.2, -0.15) is 0 Å². The number of hydrogen-bond acceptors (Lipinski definition) is 2. The standard InChI is InChI=1S/C8H14N4S/c1-8(2,3)5-4-13-7(11-5)12-6(9)10/h4H,1-3H3,(H4,9,10,11,12)/p+1. The van der Waals surface area contributed by atoms with E-state index in [4.69, 9.17) is 11.5 Å². The summed E-state index contributed by atoms with van der Waals surface area (Å²) in [6, 6.07) is 0. The Balaban J connectivity index is 2.94. The molecule has 0 aliphatic carbocycles. The number of guanidine groups is 1. The molecule has 0 spiro atoms. The monoisotopic (exact) mass is 199 g/mol. The van der Waals surface area contributed by atoms with Crippen molar-refractivity contribution in [3.05, 3.63) is 11.1 Å². The molecule has 1 heterocycles. The summed E-state index contributed by atoms with van der Waals surface area (Å²) in [5.41, 5.74) is 11.7. The first-order chi connectivity index (χ1) is 5.89. The maximum atomic E-state index is 5.29. The molecule has 1 aromatic heterocycles. The van der Waals surface area contributed by atoms with E-state index < -0.39 is 0 Å². The number of nitrogens with zero attached hydrogens (tertiary/aromatic N) is 1. The van der Waals surface area contributed by atoms with Crippen molar-refractivity contribution in [1.29, 1.82) is 0 Å². The van der Waals surface area contributed by atoms with E-state index in [9.17, 15) is 0 Å². The summed E-state index contributed by atoms with van der Waals surface area (Å²) in [6.07, 6.45) is 0. The van der Waals surface area contributed by atoms with Gasteiger partial charge in [-0.15, -0.1) is 4.98 Å². The average Bonchev–Trinajstić information content (AvgIpc) is 2.32. The van der Waals surface area contributed by atoms with Crippen molar-refractivity contribution in [1.82, 2.24) is 4.98 Å². The second-order valence-corrected chi connectivity index (χ2v) is 4.73. The third-order valence-electron chi connectivity index (χ3n) is 1.52. The molecule has 0 aromatic carbocycles. The van der Waals surface area contributed by atoms with Crippen molar-refractivity contribution < 1.29 is 4.99 Å². The number of hydrogen-bond donors (Lipinski definition) is 3. The highest BCUT2D eigenvalue weighted by Crippen LogP contribution is 2.23. The smallest absolute Gasteiger partial charge is 0.303 e. The van der Waals surface area contributed by atoms with Crippen LogP contribution >= 0.6 is 11.3 Å². The lowest BCUT2D eigenvalue weighted by Gasteiger charge is -2.11. The van der Waals surface area contributed by atoms with E-state index in [1.54, 1.807) is 0 Å². The third-order valence-corrected chi connectivity index (χ3v) is 2.28. The number of thiazole rings is 1. The topological polar surface area (TPSA) is 78.9 Å². The molecule has 0 saturated heterocycles. The van der Waals surface area contributed by atoms with Crippen LogP contribution in [0.4, 0.5) is 5.13 Å². The molecule has 1 rings (SSSR count). The lowest BCUT2D eigenvalue weighted by molar-refractivity contribution is -0.356. The zero-order valence-corrected chi connectivity index (χ0v) is 8.90. The normalized spacial score (nSPS) is 11.3. The molecule has 0 radical (unpaired) electrons. The molecule has 5 N–H and O–H groups in total. The van der Waals surface area contributed by atoms with Crippen molar-refractivity contribution in [3.8, 4) is 0 Å². The molecule has 0 amide bonds. The molecule has 0 aliphatic heterocycles. The molecule has 13 heavy (non-hydrogen) atoms. The lowest BCUT2D eigenvalue weighted by atomic mass is 9.93. The van der Waals surface area contributed by atoms with Gasteiger partial charge >= 0.3 is 5.96 Å². The van der Waals surface area contributed by atoms with Crippen molar-refractivity contribution in [2.45, 2.75) is 26.2 Å². The largest absolute Gasteiger partial charge is 0.311 e. The van der Waals surface area contributed by atoms with Gasteiger partial charge in [-0.1, -0.05) is 32.1 Å². The van der Waals surface area contributed by atoms with E-state index >= 15 is 0 Å². The molecule has 72 valence electrons. The van der Waals surface area contributed by atoms with Crippen LogP contribution in [0, 0.1) is 0 Å². The Kier molecular flexibility index (Phi) is 2.56. The maximum Gasteiger partial charge on any atom is 0.303 e. The maximum absolute atomic E-state index is 5.29. The van der Waals surface area contributed by atoms with Gasteiger partial charge in [-0.25, -0.2) is 4.99 Å². The summed E-state index contributed by atoms with van der Waals surface area (Å²) in [4.78, 5) is 7.13. The molecule has 5 heteroatoms. The molecule has 0 fully saturated rings. The first-order valence-corrected chi connectivity index (χ1v) is 4.88.